The molecule has 0 atom stereocenters. The van der Waals surface area contributed by atoms with Crippen LogP contribution in [0.3, 0.4) is 0 Å². The first kappa shape index (κ1) is 10.0. The van der Waals surface area contributed by atoms with E-state index < -0.39 is 0 Å². The summed E-state index contributed by atoms with van der Waals surface area (Å²) >= 11 is 0. The van der Waals surface area contributed by atoms with Crippen LogP contribution in [0.5, 0.6) is 0 Å². The highest BCUT2D eigenvalue weighted by molar-refractivity contribution is 6.36. The molecule has 0 N–H and O–H groups in total. The van der Waals surface area contributed by atoms with Gasteiger partial charge in [-0.3, -0.25) is 0 Å². The zero-order chi connectivity index (χ0) is 10.8. The normalized spacial score (nSPS) is 10.3. The van der Waals surface area contributed by atoms with Crippen molar-refractivity contribution in [3.63, 3.8) is 0 Å². The Balaban J connectivity index is 2.65. The smallest absolute Gasteiger partial charge is 0.0890 e. The number of hydrogen-bond donors (Lipinski definition) is 0. The molecule has 72 valence electrons. The molecular weight excluding hydrogens is 179 g/mol. The minimum Gasteiger partial charge on any atom is -0.0890 e. The Hall–Kier alpha value is -1.50. The lowest BCUT2D eigenvalue weighted by Gasteiger charge is -2.11. The Labute approximate surface area is 92.4 Å². The Morgan fingerprint density at radius 2 is 1.47 bits per heavy atom. The van der Waals surface area contributed by atoms with E-state index in [2.05, 4.69) is 38.1 Å². The fourth-order valence-electron chi connectivity index (χ4n) is 1.79. The zero-order valence-electron chi connectivity index (χ0n) is 9.12. The van der Waals surface area contributed by atoms with E-state index in [9.17, 15) is 0 Å². The third kappa shape index (κ3) is 1.82. The van der Waals surface area contributed by atoms with Gasteiger partial charge in [0.15, 0.2) is 0 Å². The van der Waals surface area contributed by atoms with Gasteiger partial charge in [0.05, 0.1) is 0 Å². The van der Waals surface area contributed by atoms with Gasteiger partial charge < -0.3 is 0 Å². The summed E-state index contributed by atoms with van der Waals surface area (Å²) in [7, 11) is 5.97. The van der Waals surface area contributed by atoms with Crippen molar-refractivity contribution in [2.24, 2.45) is 0 Å². The molecule has 1 heteroatoms. The molecule has 0 fully saturated rings. The van der Waals surface area contributed by atoms with Crippen LogP contribution >= 0.6 is 0 Å². The molecule has 0 aliphatic heterocycles. The molecule has 2 aromatic carbocycles. The Bertz CT molecular complexity index is 486. The molecule has 0 aliphatic rings. The number of aryl methyl sites for hydroxylation is 1. The van der Waals surface area contributed by atoms with E-state index in [4.69, 9.17) is 7.85 Å². The molecule has 0 unspecified atom stereocenters. The minimum atomic E-state index is 0.839. The molecule has 0 spiro atoms. The quantitative estimate of drug-likeness (QED) is 0.609. The van der Waals surface area contributed by atoms with Crippen molar-refractivity contribution in [3.05, 3.63) is 53.6 Å². The maximum absolute atomic E-state index is 5.97. The zero-order valence-corrected chi connectivity index (χ0v) is 9.12. The molecule has 0 aliphatic carbocycles. The molecule has 15 heavy (non-hydrogen) atoms. The fraction of sp³-hybridized carbons (Fsp3) is 0.143. The Morgan fingerprint density at radius 3 is 2.20 bits per heavy atom. The third-order valence-electron chi connectivity index (χ3n) is 2.86. The lowest BCUT2D eigenvalue weighted by Crippen LogP contribution is -2.06. The lowest BCUT2D eigenvalue weighted by atomic mass is 9.85. The van der Waals surface area contributed by atoms with Crippen LogP contribution in [-0.4, -0.2) is 7.85 Å². The number of hydrogen-bond acceptors (Lipinski definition) is 0. The number of benzene rings is 2. The maximum Gasteiger partial charge on any atom is 0.114 e. The molecular formula is C14H13B. The molecule has 0 amide bonds. The second kappa shape index (κ2) is 3.94. The number of rotatable bonds is 1. The first-order valence-corrected chi connectivity index (χ1v) is 5.11. The van der Waals surface area contributed by atoms with E-state index >= 15 is 0 Å². The Kier molecular flexibility index (Phi) is 2.63. The van der Waals surface area contributed by atoms with Gasteiger partial charge in [0, 0.05) is 0 Å². The average Bonchev–Trinajstić information content (AvgIpc) is 2.23. The van der Waals surface area contributed by atoms with E-state index in [1.807, 2.05) is 18.2 Å². The Morgan fingerprint density at radius 1 is 0.800 bits per heavy atom. The second-order valence-corrected chi connectivity index (χ2v) is 3.83. The third-order valence-corrected chi connectivity index (χ3v) is 2.86. The van der Waals surface area contributed by atoms with Gasteiger partial charge in [-0.05, 0) is 36.1 Å². The first-order chi connectivity index (χ1) is 7.20. The fourth-order valence-corrected chi connectivity index (χ4v) is 1.79. The maximum atomic E-state index is 5.97. The van der Waals surface area contributed by atoms with Crippen LogP contribution in [0, 0.1) is 13.8 Å². The highest BCUT2D eigenvalue weighted by Gasteiger charge is 2.04. The molecule has 0 heterocycles. The second-order valence-electron chi connectivity index (χ2n) is 3.83. The van der Waals surface area contributed by atoms with Crippen LogP contribution in [-0.2, 0) is 0 Å². The molecule has 0 bridgehead atoms. The first-order valence-electron chi connectivity index (χ1n) is 5.11. The van der Waals surface area contributed by atoms with Crippen LogP contribution in [0.1, 0.15) is 11.1 Å². The van der Waals surface area contributed by atoms with Crippen LogP contribution in [0.4, 0.5) is 0 Å². The van der Waals surface area contributed by atoms with Gasteiger partial charge in [0.25, 0.3) is 0 Å². The van der Waals surface area contributed by atoms with Crippen LogP contribution in [0.15, 0.2) is 42.5 Å². The summed E-state index contributed by atoms with van der Waals surface area (Å²) in [6, 6.07) is 14.3. The van der Waals surface area contributed by atoms with Gasteiger partial charge in [-0.1, -0.05) is 47.9 Å². The predicted molar refractivity (Wildman–Crippen MR) is 66.7 cm³/mol. The van der Waals surface area contributed by atoms with E-state index in [0.29, 0.717) is 0 Å². The molecule has 0 saturated carbocycles. The monoisotopic (exact) mass is 192 g/mol. The minimum absolute atomic E-state index is 0.839. The van der Waals surface area contributed by atoms with Crippen molar-refractivity contribution < 1.29 is 0 Å². The largest absolute Gasteiger partial charge is 0.114 e. The standard InChI is InChI=1S/C14H13B/c1-10-6-5-8-12(11(10)2)13-7-3-4-9-14(13)15/h3-9H,1-2H3. The summed E-state index contributed by atoms with van der Waals surface area (Å²) in [5, 5.41) is 0. The summed E-state index contributed by atoms with van der Waals surface area (Å²) in [4.78, 5) is 0. The molecule has 2 aromatic rings. The summed E-state index contributed by atoms with van der Waals surface area (Å²) in [5.74, 6) is 0. The molecule has 0 aromatic heterocycles. The van der Waals surface area contributed by atoms with Gasteiger partial charge in [-0.25, -0.2) is 0 Å². The summed E-state index contributed by atoms with van der Waals surface area (Å²) < 4.78 is 0. The molecule has 0 saturated heterocycles. The van der Waals surface area contributed by atoms with Gasteiger partial charge >= 0.3 is 0 Å². The van der Waals surface area contributed by atoms with Crippen LogP contribution in [0.25, 0.3) is 11.1 Å². The summed E-state index contributed by atoms with van der Waals surface area (Å²) in [6.45, 7) is 4.26. The van der Waals surface area contributed by atoms with E-state index in [1.165, 1.54) is 16.7 Å². The highest BCUT2D eigenvalue weighted by Crippen LogP contribution is 2.23. The van der Waals surface area contributed by atoms with Gasteiger partial charge in [-0.15, -0.1) is 0 Å². The van der Waals surface area contributed by atoms with Gasteiger partial charge in [-0.2, -0.15) is 0 Å². The van der Waals surface area contributed by atoms with Crippen molar-refractivity contribution in [2.45, 2.75) is 13.8 Å². The van der Waals surface area contributed by atoms with E-state index in [-0.39, 0.29) is 0 Å². The van der Waals surface area contributed by atoms with Gasteiger partial charge in [0.1, 0.15) is 7.85 Å². The van der Waals surface area contributed by atoms with E-state index in [0.717, 1.165) is 11.0 Å². The van der Waals surface area contributed by atoms with Crippen molar-refractivity contribution in [1.29, 1.82) is 0 Å². The van der Waals surface area contributed by atoms with Gasteiger partial charge in [0.2, 0.25) is 0 Å². The van der Waals surface area contributed by atoms with Crippen LogP contribution in [0.2, 0.25) is 0 Å². The summed E-state index contributed by atoms with van der Waals surface area (Å²) in [5.41, 5.74) is 5.80. The predicted octanol–water partition coefficient (Wildman–Crippen LogP) is 2.76. The van der Waals surface area contributed by atoms with Crippen molar-refractivity contribution in [3.8, 4) is 11.1 Å². The van der Waals surface area contributed by atoms with E-state index in [1.54, 1.807) is 0 Å². The van der Waals surface area contributed by atoms with Crippen molar-refractivity contribution in [2.75, 3.05) is 0 Å². The molecule has 2 rings (SSSR count). The average molecular weight is 192 g/mol. The lowest BCUT2D eigenvalue weighted by molar-refractivity contribution is 1.34. The van der Waals surface area contributed by atoms with Crippen molar-refractivity contribution >= 4 is 13.3 Å². The molecule has 2 radical (unpaired) electrons. The highest BCUT2D eigenvalue weighted by atomic mass is 14.1. The topological polar surface area (TPSA) is 0 Å². The molecule has 0 nitrogen and oxygen atoms in total. The van der Waals surface area contributed by atoms with Crippen molar-refractivity contribution in [1.82, 2.24) is 0 Å². The SMILES string of the molecule is [B]c1ccccc1-c1cccc(C)c1C. The van der Waals surface area contributed by atoms with Crippen LogP contribution < -0.4 is 5.46 Å². The summed E-state index contributed by atoms with van der Waals surface area (Å²) in [6.07, 6.45) is 0.